The average Bonchev–Trinajstić information content (AvgIpc) is 2.97. The zero-order valence-corrected chi connectivity index (χ0v) is 26.0. The van der Waals surface area contributed by atoms with Gasteiger partial charge in [-0.1, -0.05) is 49.7 Å². The summed E-state index contributed by atoms with van der Waals surface area (Å²) in [6.45, 7) is 7.54. The number of carbonyl (C=O) groups is 2. The summed E-state index contributed by atoms with van der Waals surface area (Å²) in [5.74, 6) is -0.190. The Hall–Kier alpha value is -4.05. The van der Waals surface area contributed by atoms with Gasteiger partial charge in [0.2, 0.25) is 11.8 Å². The lowest BCUT2D eigenvalue weighted by Gasteiger charge is -2.32. The Kier molecular flexibility index (Phi) is 11.4. The molecule has 0 aliphatic carbocycles. The van der Waals surface area contributed by atoms with Crippen LogP contribution in [0.25, 0.3) is 0 Å². The summed E-state index contributed by atoms with van der Waals surface area (Å²) in [7, 11) is -1.37. The third-order valence-corrected chi connectivity index (χ3v) is 8.68. The fraction of sp³-hybridized carbons (Fsp3) is 0.375. The SMILES string of the molecule is CCCCNC(=O)[C@H](C)N(Cc1ccccc1)C(=O)CN(c1cc(C)cc(C)c1)S(=O)(=O)c1ccc(OC)c(OC)c1. The van der Waals surface area contributed by atoms with Crippen molar-refractivity contribution in [2.24, 2.45) is 0 Å². The van der Waals surface area contributed by atoms with Crippen molar-refractivity contribution >= 4 is 27.5 Å². The Morgan fingerprint density at radius 2 is 1.55 bits per heavy atom. The highest BCUT2D eigenvalue weighted by molar-refractivity contribution is 7.92. The van der Waals surface area contributed by atoms with Gasteiger partial charge < -0.3 is 19.7 Å². The number of nitrogens with zero attached hydrogens (tertiary/aromatic N) is 2. The minimum atomic E-state index is -4.26. The minimum Gasteiger partial charge on any atom is -0.493 e. The lowest BCUT2D eigenvalue weighted by molar-refractivity contribution is -0.139. The van der Waals surface area contributed by atoms with Crippen LogP contribution in [-0.4, -0.2) is 58.5 Å². The molecule has 2 amide bonds. The molecule has 0 saturated heterocycles. The zero-order valence-electron chi connectivity index (χ0n) is 25.2. The maximum Gasteiger partial charge on any atom is 0.264 e. The fourth-order valence-corrected chi connectivity index (χ4v) is 6.04. The highest BCUT2D eigenvalue weighted by atomic mass is 32.2. The summed E-state index contributed by atoms with van der Waals surface area (Å²) in [5.41, 5.74) is 2.85. The highest BCUT2D eigenvalue weighted by Crippen LogP contribution is 2.33. The van der Waals surface area contributed by atoms with Crippen LogP contribution in [0.15, 0.2) is 71.6 Å². The predicted molar refractivity (Wildman–Crippen MR) is 164 cm³/mol. The monoisotopic (exact) mass is 595 g/mol. The third-order valence-electron chi connectivity index (χ3n) is 6.91. The standard InChI is InChI=1S/C32H41N3O6S/c1-7-8-16-33-32(37)25(4)34(21-26-12-10-9-11-13-26)31(36)22-35(27-18-23(2)17-24(3)19-27)42(38,39)28-14-15-29(40-5)30(20-28)41-6/h9-15,17-20,25H,7-8,16,21-22H2,1-6H3,(H,33,37)/t25-/m0/s1. The molecule has 0 heterocycles. The summed E-state index contributed by atoms with van der Waals surface area (Å²) in [6.07, 6.45) is 1.73. The van der Waals surface area contributed by atoms with Gasteiger partial charge in [0.25, 0.3) is 10.0 Å². The van der Waals surface area contributed by atoms with Crippen LogP contribution in [0.2, 0.25) is 0 Å². The first-order valence-electron chi connectivity index (χ1n) is 14.0. The van der Waals surface area contributed by atoms with Crippen molar-refractivity contribution in [3.63, 3.8) is 0 Å². The molecule has 0 fully saturated rings. The van der Waals surface area contributed by atoms with Crippen molar-refractivity contribution in [2.75, 3.05) is 31.6 Å². The number of benzene rings is 3. The van der Waals surface area contributed by atoms with Crippen LogP contribution in [0.5, 0.6) is 11.5 Å². The van der Waals surface area contributed by atoms with Crippen molar-refractivity contribution in [1.29, 1.82) is 0 Å². The fourth-order valence-electron chi connectivity index (χ4n) is 4.63. The Labute approximate surface area is 249 Å². The van der Waals surface area contributed by atoms with Gasteiger partial charge in [0.15, 0.2) is 11.5 Å². The second kappa shape index (κ2) is 14.7. The van der Waals surface area contributed by atoms with Crippen LogP contribution >= 0.6 is 0 Å². The van der Waals surface area contributed by atoms with Crippen LogP contribution in [0.3, 0.4) is 0 Å². The molecule has 3 aromatic carbocycles. The van der Waals surface area contributed by atoms with Crippen molar-refractivity contribution < 1.29 is 27.5 Å². The van der Waals surface area contributed by atoms with Gasteiger partial charge in [-0.25, -0.2) is 8.42 Å². The highest BCUT2D eigenvalue weighted by Gasteiger charge is 2.33. The molecule has 10 heteroatoms. The van der Waals surface area contributed by atoms with Crippen LogP contribution < -0.4 is 19.1 Å². The number of methoxy groups -OCH3 is 2. The second-order valence-corrected chi connectivity index (χ2v) is 12.1. The molecule has 0 radical (unpaired) electrons. The Morgan fingerprint density at radius 1 is 0.905 bits per heavy atom. The van der Waals surface area contributed by atoms with E-state index in [0.29, 0.717) is 18.0 Å². The molecule has 3 rings (SSSR count). The zero-order chi connectivity index (χ0) is 30.9. The van der Waals surface area contributed by atoms with E-state index in [1.54, 1.807) is 19.1 Å². The molecule has 226 valence electrons. The lowest BCUT2D eigenvalue weighted by Crippen LogP contribution is -2.51. The Bertz CT molecular complexity index is 1460. The van der Waals surface area contributed by atoms with Crippen molar-refractivity contribution in [3.05, 3.63) is 83.4 Å². The van der Waals surface area contributed by atoms with Gasteiger partial charge in [-0.15, -0.1) is 0 Å². The number of aryl methyl sites for hydroxylation is 2. The van der Waals surface area contributed by atoms with Crippen LogP contribution in [-0.2, 0) is 26.2 Å². The Morgan fingerprint density at radius 3 is 2.14 bits per heavy atom. The van der Waals surface area contributed by atoms with E-state index in [4.69, 9.17) is 9.47 Å². The molecule has 0 aromatic heterocycles. The number of ether oxygens (including phenoxy) is 2. The summed E-state index contributed by atoms with van der Waals surface area (Å²) in [5, 5.41) is 2.89. The summed E-state index contributed by atoms with van der Waals surface area (Å²) in [6, 6.07) is 18.2. The van der Waals surface area contributed by atoms with E-state index in [1.165, 1.54) is 37.3 Å². The number of sulfonamides is 1. The topological polar surface area (TPSA) is 105 Å². The number of unbranched alkanes of at least 4 members (excludes halogenated alkanes) is 1. The molecule has 0 spiro atoms. The van der Waals surface area contributed by atoms with E-state index >= 15 is 0 Å². The van der Waals surface area contributed by atoms with Gasteiger partial charge >= 0.3 is 0 Å². The van der Waals surface area contributed by atoms with Gasteiger partial charge in [0, 0.05) is 19.2 Å². The largest absolute Gasteiger partial charge is 0.493 e. The molecule has 0 bridgehead atoms. The maximum atomic E-state index is 14.2. The molecule has 0 saturated carbocycles. The molecule has 3 aromatic rings. The van der Waals surface area contributed by atoms with E-state index in [0.717, 1.165) is 33.8 Å². The molecule has 1 atom stereocenters. The molecule has 42 heavy (non-hydrogen) atoms. The quantitative estimate of drug-likeness (QED) is 0.267. The average molecular weight is 596 g/mol. The number of carbonyl (C=O) groups excluding carboxylic acids is 2. The number of hydrogen-bond acceptors (Lipinski definition) is 6. The maximum absolute atomic E-state index is 14.2. The first kappa shape index (κ1) is 32.5. The number of amides is 2. The van der Waals surface area contributed by atoms with Gasteiger partial charge in [-0.05, 0) is 68.1 Å². The van der Waals surface area contributed by atoms with Gasteiger partial charge in [0.1, 0.15) is 12.6 Å². The lowest BCUT2D eigenvalue weighted by atomic mass is 10.1. The predicted octanol–water partition coefficient (Wildman–Crippen LogP) is 4.85. The molecular weight excluding hydrogens is 554 g/mol. The minimum absolute atomic E-state index is 0.0629. The smallest absolute Gasteiger partial charge is 0.264 e. The van der Waals surface area contributed by atoms with E-state index in [9.17, 15) is 18.0 Å². The molecule has 0 unspecified atom stereocenters. The van der Waals surface area contributed by atoms with E-state index < -0.39 is 28.5 Å². The summed E-state index contributed by atoms with van der Waals surface area (Å²) >= 11 is 0. The van der Waals surface area contributed by atoms with Gasteiger partial charge in [0.05, 0.1) is 24.8 Å². The third kappa shape index (κ3) is 8.03. The number of hydrogen-bond donors (Lipinski definition) is 1. The normalized spacial score (nSPS) is 11.9. The molecular formula is C32H41N3O6S. The van der Waals surface area contributed by atoms with Gasteiger partial charge in [-0.3, -0.25) is 13.9 Å². The van der Waals surface area contributed by atoms with Crippen LogP contribution in [0, 0.1) is 13.8 Å². The molecule has 0 aliphatic heterocycles. The van der Waals surface area contributed by atoms with Crippen molar-refractivity contribution in [3.8, 4) is 11.5 Å². The van der Waals surface area contributed by atoms with E-state index in [1.807, 2.05) is 57.2 Å². The molecule has 0 aliphatic rings. The first-order valence-corrected chi connectivity index (χ1v) is 15.4. The summed E-state index contributed by atoms with van der Waals surface area (Å²) < 4.78 is 40.1. The van der Waals surface area contributed by atoms with E-state index in [-0.39, 0.29) is 23.1 Å². The Balaban J connectivity index is 2.07. The van der Waals surface area contributed by atoms with Crippen molar-refractivity contribution in [2.45, 2.75) is 58.0 Å². The first-order chi connectivity index (χ1) is 20.0. The van der Waals surface area contributed by atoms with E-state index in [2.05, 4.69) is 5.32 Å². The summed E-state index contributed by atoms with van der Waals surface area (Å²) in [4.78, 5) is 28.5. The number of rotatable bonds is 14. The molecule has 1 N–H and O–H groups in total. The molecule has 9 nitrogen and oxygen atoms in total. The second-order valence-electron chi connectivity index (χ2n) is 10.2. The number of nitrogens with one attached hydrogen (secondary N) is 1. The van der Waals surface area contributed by atoms with Crippen molar-refractivity contribution in [1.82, 2.24) is 10.2 Å². The van der Waals surface area contributed by atoms with Gasteiger partial charge in [-0.2, -0.15) is 0 Å². The number of anilines is 1. The van der Waals surface area contributed by atoms with Crippen LogP contribution in [0.4, 0.5) is 5.69 Å². The van der Waals surface area contributed by atoms with Crippen LogP contribution in [0.1, 0.15) is 43.4 Å².